The topological polar surface area (TPSA) is 73.9 Å². The highest BCUT2D eigenvalue weighted by atomic mass is 32.1. The third-order valence-corrected chi connectivity index (χ3v) is 6.70. The predicted octanol–water partition coefficient (Wildman–Crippen LogP) is 7.38. The van der Waals surface area contributed by atoms with Gasteiger partial charge in [0.2, 0.25) is 5.91 Å². The summed E-state index contributed by atoms with van der Waals surface area (Å²) in [5.74, 6) is 0.481. The lowest BCUT2D eigenvalue weighted by molar-refractivity contribution is -0.111. The highest BCUT2D eigenvalue weighted by molar-refractivity contribution is 7.15. The molecule has 196 valence electrons. The van der Waals surface area contributed by atoms with Gasteiger partial charge in [0.15, 0.2) is 11.5 Å². The number of esters is 1. The van der Waals surface area contributed by atoms with Crippen molar-refractivity contribution in [1.82, 2.24) is 0 Å². The van der Waals surface area contributed by atoms with E-state index >= 15 is 0 Å². The Bertz CT molecular complexity index is 1210. The Morgan fingerprint density at radius 2 is 1.78 bits per heavy atom. The van der Waals surface area contributed by atoms with Crippen molar-refractivity contribution in [3.8, 4) is 22.6 Å². The third kappa shape index (κ3) is 7.70. The second kappa shape index (κ2) is 14.2. The van der Waals surface area contributed by atoms with Gasteiger partial charge in [-0.25, -0.2) is 4.79 Å². The Balaban J connectivity index is 1.76. The largest absolute Gasteiger partial charge is 0.493 e. The van der Waals surface area contributed by atoms with E-state index in [9.17, 15) is 9.59 Å². The molecule has 0 saturated carbocycles. The molecule has 0 saturated heterocycles. The summed E-state index contributed by atoms with van der Waals surface area (Å²) in [6, 6.07) is 13.6. The summed E-state index contributed by atoms with van der Waals surface area (Å²) in [4.78, 5) is 25.6. The van der Waals surface area contributed by atoms with Crippen LogP contribution in [-0.4, -0.2) is 32.2 Å². The van der Waals surface area contributed by atoms with Crippen LogP contribution >= 0.6 is 11.3 Å². The van der Waals surface area contributed by atoms with Gasteiger partial charge in [-0.15, -0.1) is 11.3 Å². The minimum absolute atomic E-state index is 0.246. The fraction of sp³-hybridized carbons (Fsp3) is 0.333. The molecule has 7 heteroatoms. The summed E-state index contributed by atoms with van der Waals surface area (Å²) in [6.07, 6.45) is 7.30. The first-order chi connectivity index (χ1) is 18.0. The average Bonchev–Trinajstić information content (AvgIpc) is 3.33. The van der Waals surface area contributed by atoms with Crippen LogP contribution in [0.15, 0.2) is 53.9 Å². The lowest BCUT2D eigenvalue weighted by Gasteiger charge is -2.11. The molecule has 1 amide bonds. The summed E-state index contributed by atoms with van der Waals surface area (Å²) < 4.78 is 16.6. The van der Waals surface area contributed by atoms with Crippen molar-refractivity contribution < 1.29 is 23.8 Å². The van der Waals surface area contributed by atoms with Crippen molar-refractivity contribution >= 4 is 34.3 Å². The van der Waals surface area contributed by atoms with Crippen molar-refractivity contribution in [2.75, 3.05) is 25.6 Å². The average molecular weight is 522 g/mol. The number of thiophene rings is 1. The maximum atomic E-state index is 12.8. The number of carbonyl (C=O) groups excluding carboxylic acids is 2. The van der Waals surface area contributed by atoms with Gasteiger partial charge in [0.1, 0.15) is 10.6 Å². The van der Waals surface area contributed by atoms with Gasteiger partial charge in [0.25, 0.3) is 0 Å². The molecule has 1 aromatic heterocycles. The van der Waals surface area contributed by atoms with Crippen molar-refractivity contribution in [2.24, 2.45) is 0 Å². The van der Waals surface area contributed by atoms with E-state index in [4.69, 9.17) is 14.2 Å². The first-order valence-electron chi connectivity index (χ1n) is 12.7. The van der Waals surface area contributed by atoms with Gasteiger partial charge >= 0.3 is 5.97 Å². The summed E-state index contributed by atoms with van der Waals surface area (Å²) in [5.41, 5.74) is 4.01. The smallest absolute Gasteiger partial charge is 0.341 e. The number of unbranched alkanes of at least 4 members (excludes halogenated alkanes) is 2. The monoisotopic (exact) mass is 521 g/mol. The summed E-state index contributed by atoms with van der Waals surface area (Å²) in [6.45, 7) is 6.89. The SMILES string of the molecule is CCCCCOc1ccc(/C=C/C(=O)Nc2scc(-c3ccc(CC)cc3)c2C(=O)OCC)cc1OC. The standard InChI is InChI=1S/C30H35NO5S/c1-5-8-9-18-36-25-16-12-22(19-26(25)34-4)13-17-27(32)31-29-28(30(33)35-7-3)24(20-37-29)23-14-10-21(6-2)11-15-23/h10-17,19-20H,5-9,18H2,1-4H3,(H,31,32)/b17-13+. The molecule has 0 atom stereocenters. The van der Waals surface area contributed by atoms with E-state index in [0.717, 1.165) is 42.4 Å². The van der Waals surface area contributed by atoms with Crippen molar-refractivity contribution in [3.05, 3.63) is 70.6 Å². The normalized spacial score (nSPS) is 10.9. The second-order valence-electron chi connectivity index (χ2n) is 8.41. The summed E-state index contributed by atoms with van der Waals surface area (Å²) >= 11 is 1.30. The number of rotatable bonds is 13. The molecule has 0 unspecified atom stereocenters. The number of anilines is 1. The van der Waals surface area contributed by atoms with Gasteiger partial charge in [-0.2, -0.15) is 0 Å². The molecule has 1 N–H and O–H groups in total. The van der Waals surface area contributed by atoms with Crippen molar-refractivity contribution in [2.45, 2.75) is 46.5 Å². The number of methoxy groups -OCH3 is 1. The number of hydrogen-bond donors (Lipinski definition) is 1. The molecule has 0 aliphatic heterocycles. The maximum Gasteiger partial charge on any atom is 0.341 e. The molecule has 0 bridgehead atoms. The van der Waals surface area contributed by atoms with Crippen LogP contribution in [0.5, 0.6) is 11.5 Å². The maximum absolute atomic E-state index is 12.8. The molecule has 37 heavy (non-hydrogen) atoms. The molecular weight excluding hydrogens is 486 g/mol. The number of aryl methyl sites for hydroxylation is 1. The lowest BCUT2D eigenvalue weighted by Crippen LogP contribution is -2.12. The molecule has 0 aliphatic carbocycles. The van der Waals surface area contributed by atoms with E-state index in [1.54, 1.807) is 20.1 Å². The minimum Gasteiger partial charge on any atom is -0.493 e. The second-order valence-corrected chi connectivity index (χ2v) is 9.29. The minimum atomic E-state index is -0.461. The molecule has 6 nitrogen and oxygen atoms in total. The first-order valence-corrected chi connectivity index (χ1v) is 13.6. The zero-order chi connectivity index (χ0) is 26.6. The number of hydrogen-bond acceptors (Lipinski definition) is 6. The quantitative estimate of drug-likeness (QED) is 0.144. The van der Waals surface area contributed by atoms with Crippen molar-refractivity contribution in [3.63, 3.8) is 0 Å². The molecule has 0 radical (unpaired) electrons. The molecular formula is C30H35NO5S. The number of benzene rings is 2. The van der Waals surface area contributed by atoms with Crippen LogP contribution < -0.4 is 14.8 Å². The molecule has 3 aromatic rings. The zero-order valence-corrected chi connectivity index (χ0v) is 22.8. The van der Waals surface area contributed by atoms with Crippen LogP contribution in [0, 0.1) is 0 Å². The molecule has 0 aliphatic rings. The van der Waals surface area contributed by atoms with Crippen LogP contribution in [0.2, 0.25) is 0 Å². The van der Waals surface area contributed by atoms with Crippen LogP contribution in [-0.2, 0) is 16.0 Å². The fourth-order valence-corrected chi connectivity index (χ4v) is 4.72. The van der Waals surface area contributed by atoms with E-state index < -0.39 is 5.97 Å². The van der Waals surface area contributed by atoms with Gasteiger partial charge < -0.3 is 19.5 Å². The number of carbonyl (C=O) groups is 2. The van der Waals surface area contributed by atoms with E-state index in [0.29, 0.717) is 28.7 Å². The molecule has 2 aromatic carbocycles. The zero-order valence-electron chi connectivity index (χ0n) is 22.0. The summed E-state index contributed by atoms with van der Waals surface area (Å²) in [5, 5.41) is 5.18. The van der Waals surface area contributed by atoms with Crippen LogP contribution in [0.25, 0.3) is 17.2 Å². The number of nitrogens with one attached hydrogen (secondary N) is 1. The van der Waals surface area contributed by atoms with E-state index in [-0.39, 0.29) is 12.5 Å². The Morgan fingerprint density at radius 1 is 1.00 bits per heavy atom. The van der Waals surface area contributed by atoms with Crippen LogP contribution in [0.3, 0.4) is 0 Å². The highest BCUT2D eigenvalue weighted by Gasteiger charge is 2.22. The van der Waals surface area contributed by atoms with E-state index in [1.807, 2.05) is 47.8 Å². The van der Waals surface area contributed by atoms with E-state index in [2.05, 4.69) is 19.2 Å². The predicted molar refractivity (Wildman–Crippen MR) is 151 cm³/mol. The molecule has 3 rings (SSSR count). The van der Waals surface area contributed by atoms with Gasteiger partial charge in [0.05, 0.1) is 20.3 Å². The van der Waals surface area contributed by atoms with E-state index in [1.165, 1.54) is 23.0 Å². The van der Waals surface area contributed by atoms with Gasteiger partial charge in [-0.3, -0.25) is 4.79 Å². The summed E-state index contributed by atoms with van der Waals surface area (Å²) in [7, 11) is 1.59. The number of amides is 1. The van der Waals surface area contributed by atoms with Gasteiger partial charge in [0, 0.05) is 17.0 Å². The molecule has 1 heterocycles. The Kier molecular flexibility index (Phi) is 10.8. The van der Waals surface area contributed by atoms with Gasteiger partial charge in [-0.1, -0.05) is 57.0 Å². The fourth-order valence-electron chi connectivity index (χ4n) is 3.76. The third-order valence-electron chi connectivity index (χ3n) is 5.80. The lowest BCUT2D eigenvalue weighted by atomic mass is 10.0. The Labute approximate surface area is 223 Å². The highest BCUT2D eigenvalue weighted by Crippen LogP contribution is 2.36. The number of ether oxygens (including phenoxy) is 3. The van der Waals surface area contributed by atoms with Crippen LogP contribution in [0.1, 0.15) is 61.5 Å². The molecule has 0 spiro atoms. The van der Waals surface area contributed by atoms with Crippen LogP contribution in [0.4, 0.5) is 5.00 Å². The van der Waals surface area contributed by atoms with Crippen molar-refractivity contribution in [1.29, 1.82) is 0 Å². The first kappa shape index (κ1) is 28.0. The molecule has 0 fully saturated rings. The Hall–Kier alpha value is -3.58. The van der Waals surface area contributed by atoms with Gasteiger partial charge in [-0.05, 0) is 54.7 Å². The Morgan fingerprint density at radius 3 is 2.46 bits per heavy atom.